The molecule has 0 aliphatic heterocycles. The van der Waals surface area contributed by atoms with Crippen LogP contribution in [0.3, 0.4) is 0 Å². The fourth-order valence-corrected chi connectivity index (χ4v) is 10.1. The monoisotopic (exact) mass is 622 g/mol. The highest BCUT2D eigenvalue weighted by Gasteiger charge is 2.25. The van der Waals surface area contributed by atoms with Gasteiger partial charge >= 0.3 is 0 Å². The minimum atomic E-state index is -2.90. The molecule has 4 heteroatoms. The maximum Gasteiger partial charge on any atom is 0.163 e. The van der Waals surface area contributed by atoms with Gasteiger partial charge in [-0.15, -0.1) is 0 Å². The first-order chi connectivity index (χ1) is 21.5. The minimum absolute atomic E-state index is 0.839. The molecule has 0 N–H and O–H groups in total. The lowest BCUT2D eigenvalue weighted by molar-refractivity contribution is 0.591. The van der Waals surface area contributed by atoms with E-state index >= 15 is 0 Å². The maximum absolute atomic E-state index is 14.5. The predicted molar refractivity (Wildman–Crippen MR) is 194 cm³/mol. The van der Waals surface area contributed by atoms with Crippen LogP contribution in [-0.2, 0) is 9.13 Å². The summed E-state index contributed by atoms with van der Waals surface area (Å²) in [7, 11) is -5.80. The largest absolute Gasteiger partial charge is 0.309 e. The van der Waals surface area contributed by atoms with Crippen LogP contribution in [0.2, 0.25) is 0 Å². The summed E-state index contributed by atoms with van der Waals surface area (Å²) in [6.07, 6.45) is 15.7. The van der Waals surface area contributed by atoms with Gasteiger partial charge in [0, 0.05) is 21.2 Å². The highest BCUT2D eigenvalue weighted by Crippen LogP contribution is 2.47. The summed E-state index contributed by atoms with van der Waals surface area (Å²) in [5.74, 6) is 3.91. The highest BCUT2D eigenvalue weighted by atomic mass is 31.2. The molecule has 4 aromatic carbocycles. The van der Waals surface area contributed by atoms with Crippen molar-refractivity contribution < 1.29 is 9.13 Å². The molecule has 0 saturated heterocycles. The summed E-state index contributed by atoms with van der Waals surface area (Å²) < 4.78 is 29.0. The van der Waals surface area contributed by atoms with Crippen molar-refractivity contribution >= 4 is 35.5 Å². The van der Waals surface area contributed by atoms with Gasteiger partial charge in [-0.25, -0.2) is 0 Å². The average molecular weight is 623 g/mol. The zero-order valence-corrected chi connectivity index (χ0v) is 28.3. The second kappa shape index (κ2) is 17.3. The summed E-state index contributed by atoms with van der Waals surface area (Å²) in [5, 5.41) is 3.40. The Balaban J connectivity index is 1.56. The molecule has 0 radical (unpaired) electrons. The normalized spacial score (nSPS) is 14.5. The third-order valence-electron chi connectivity index (χ3n) is 8.19. The van der Waals surface area contributed by atoms with Gasteiger partial charge in [0.05, 0.1) is 0 Å². The van der Waals surface area contributed by atoms with Crippen LogP contribution < -0.4 is 21.2 Å². The predicted octanol–water partition coefficient (Wildman–Crippen LogP) is 10.9. The maximum atomic E-state index is 14.5. The fraction of sp³-hybridized carbons (Fsp3) is 0.300. The lowest BCUT2D eigenvalue weighted by atomic mass is 10.1. The van der Waals surface area contributed by atoms with Crippen molar-refractivity contribution in [2.45, 2.75) is 78.1 Å². The molecule has 0 saturated carbocycles. The molecule has 2 atom stereocenters. The topological polar surface area (TPSA) is 34.1 Å². The van der Waals surface area contributed by atoms with Crippen molar-refractivity contribution in [2.75, 3.05) is 0 Å². The lowest BCUT2D eigenvalue weighted by Crippen LogP contribution is -2.14. The van der Waals surface area contributed by atoms with Crippen molar-refractivity contribution in [3.05, 3.63) is 133 Å². The van der Waals surface area contributed by atoms with Crippen molar-refractivity contribution in [1.29, 1.82) is 0 Å². The molecule has 0 fully saturated rings. The molecule has 2 nitrogen and oxygen atoms in total. The van der Waals surface area contributed by atoms with E-state index in [1.54, 1.807) is 0 Å². The zero-order valence-electron chi connectivity index (χ0n) is 26.5. The molecular weight excluding hydrogens is 574 g/mol. The zero-order chi connectivity index (χ0) is 31.1. The molecule has 230 valence electrons. The first-order valence-electron chi connectivity index (χ1n) is 16.4. The van der Waals surface area contributed by atoms with Gasteiger partial charge in [-0.2, -0.15) is 0 Å². The third-order valence-corrected chi connectivity index (χ3v) is 13.7. The van der Waals surface area contributed by atoms with Crippen LogP contribution in [0.4, 0.5) is 0 Å². The third kappa shape index (κ3) is 8.94. The Morgan fingerprint density at radius 1 is 0.432 bits per heavy atom. The van der Waals surface area contributed by atoms with Crippen molar-refractivity contribution in [3.63, 3.8) is 0 Å². The van der Waals surface area contributed by atoms with E-state index in [1.165, 1.54) is 38.5 Å². The van der Waals surface area contributed by atoms with Gasteiger partial charge in [0.25, 0.3) is 0 Å². The Hall–Kier alpha value is -3.18. The number of allylic oxidation sites excluding steroid dienone is 2. The first kappa shape index (κ1) is 33.7. The van der Waals surface area contributed by atoms with Gasteiger partial charge in [0.2, 0.25) is 0 Å². The second-order valence-corrected chi connectivity index (χ2v) is 16.8. The number of benzene rings is 4. The molecule has 4 aromatic rings. The van der Waals surface area contributed by atoms with Crippen molar-refractivity contribution in [1.82, 2.24) is 0 Å². The average Bonchev–Trinajstić information content (AvgIpc) is 3.08. The van der Waals surface area contributed by atoms with Gasteiger partial charge in [-0.05, 0) is 48.4 Å². The highest BCUT2D eigenvalue weighted by molar-refractivity contribution is 7.81. The first-order valence-corrected chi connectivity index (χ1v) is 19.9. The quantitative estimate of drug-likeness (QED) is 0.0867. The molecule has 0 spiro atoms. The van der Waals surface area contributed by atoms with Crippen LogP contribution in [0.5, 0.6) is 0 Å². The summed E-state index contributed by atoms with van der Waals surface area (Å²) >= 11 is 0. The van der Waals surface area contributed by atoms with Crippen LogP contribution in [0.25, 0.3) is 11.1 Å². The number of rotatable bonds is 17. The molecule has 0 aromatic heterocycles. The van der Waals surface area contributed by atoms with Crippen molar-refractivity contribution in [3.8, 4) is 11.1 Å². The van der Waals surface area contributed by atoms with E-state index in [1.807, 2.05) is 96.6 Å². The van der Waals surface area contributed by atoms with Crippen LogP contribution in [0, 0.1) is 0 Å². The summed E-state index contributed by atoms with van der Waals surface area (Å²) in [4.78, 5) is 0. The smallest absolute Gasteiger partial charge is 0.163 e. The van der Waals surface area contributed by atoms with Gasteiger partial charge < -0.3 is 9.13 Å². The second-order valence-electron chi connectivity index (χ2n) is 11.5. The Morgan fingerprint density at radius 2 is 0.773 bits per heavy atom. The number of hydrogen-bond acceptors (Lipinski definition) is 2. The number of unbranched alkanes of at least 4 members (excludes halogenated alkanes) is 8. The van der Waals surface area contributed by atoms with E-state index in [-0.39, 0.29) is 0 Å². The van der Waals surface area contributed by atoms with Gasteiger partial charge in [0.15, 0.2) is 14.3 Å². The SMILES string of the molecule is CCCCCCC=CP(=O)(c1ccccc1)c1ccc(-c2ccc(P(=O)(C=CCCCCCC)c3ccccc3)cc2)cc1. The van der Waals surface area contributed by atoms with Crippen LogP contribution in [0.1, 0.15) is 78.1 Å². The fourth-order valence-electron chi connectivity index (χ4n) is 5.52. The Morgan fingerprint density at radius 3 is 1.11 bits per heavy atom. The standard InChI is InChI=1S/C40H48O2P2/c1-3-5-7-9-11-19-33-43(41,37-21-15-13-16-22-37)39-29-25-35(26-30-39)36-27-31-40(32-28-36)44(42,38-23-17-14-18-24-38)34-20-12-10-8-6-4-2/h13-34H,3-12H2,1-2H3. The molecule has 0 aliphatic carbocycles. The van der Waals surface area contributed by atoms with Gasteiger partial charge in [-0.3, -0.25) is 0 Å². The van der Waals surface area contributed by atoms with Gasteiger partial charge in [0.1, 0.15) is 0 Å². The molecule has 0 amide bonds. The van der Waals surface area contributed by atoms with E-state index in [0.29, 0.717) is 0 Å². The molecule has 0 bridgehead atoms. The van der Waals surface area contributed by atoms with Crippen LogP contribution >= 0.6 is 14.3 Å². The summed E-state index contributed by atoms with van der Waals surface area (Å²) in [6.45, 7) is 4.43. The van der Waals surface area contributed by atoms with E-state index in [0.717, 1.165) is 58.0 Å². The molecule has 4 rings (SSSR count). The molecule has 0 heterocycles. The molecule has 44 heavy (non-hydrogen) atoms. The molecule has 0 aliphatic rings. The molecule has 2 unspecified atom stereocenters. The lowest BCUT2D eigenvalue weighted by Gasteiger charge is -2.17. The Labute approximate surface area is 266 Å². The van der Waals surface area contributed by atoms with Gasteiger partial charge in [-0.1, -0.05) is 174 Å². The van der Waals surface area contributed by atoms with E-state index in [9.17, 15) is 9.13 Å². The Kier molecular flexibility index (Phi) is 13.3. The summed E-state index contributed by atoms with van der Waals surface area (Å²) in [5.41, 5.74) is 2.09. The Bertz CT molecular complexity index is 1430. The minimum Gasteiger partial charge on any atom is -0.309 e. The van der Waals surface area contributed by atoms with E-state index < -0.39 is 14.3 Å². The van der Waals surface area contributed by atoms with E-state index in [4.69, 9.17) is 0 Å². The van der Waals surface area contributed by atoms with E-state index in [2.05, 4.69) is 50.3 Å². The van der Waals surface area contributed by atoms with Crippen LogP contribution in [0.15, 0.2) is 133 Å². The molecular formula is C40H48O2P2. The number of hydrogen-bond donors (Lipinski definition) is 0. The summed E-state index contributed by atoms with van der Waals surface area (Å²) in [6, 6.07) is 35.9. The van der Waals surface area contributed by atoms with Crippen molar-refractivity contribution in [2.24, 2.45) is 0 Å². The van der Waals surface area contributed by atoms with Crippen LogP contribution in [-0.4, -0.2) is 0 Å².